The zero-order valence-electron chi connectivity index (χ0n) is 11.9. The second-order valence-corrected chi connectivity index (χ2v) is 5.26. The van der Waals surface area contributed by atoms with Gasteiger partial charge < -0.3 is 14.8 Å². The van der Waals surface area contributed by atoms with E-state index in [1.54, 1.807) is 25.3 Å². The molecular weight excluding hydrogens is 264 g/mol. The van der Waals surface area contributed by atoms with Crippen LogP contribution in [0.25, 0.3) is 0 Å². The van der Waals surface area contributed by atoms with E-state index in [4.69, 9.17) is 4.74 Å². The highest BCUT2D eigenvalue weighted by Gasteiger charge is 2.37. The van der Waals surface area contributed by atoms with Gasteiger partial charge in [-0.05, 0) is 32.3 Å². The molecule has 2 rings (SSSR count). The average Bonchev–Trinajstić information content (AvgIpc) is 2.37. The van der Waals surface area contributed by atoms with E-state index in [1.165, 1.54) is 6.42 Å². The Morgan fingerprint density at radius 3 is 2.55 bits per heavy atom. The van der Waals surface area contributed by atoms with Gasteiger partial charge in [-0.15, -0.1) is 0 Å². The lowest BCUT2D eigenvalue weighted by atomic mass is 9.80. The van der Waals surface area contributed by atoms with Crippen molar-refractivity contribution in [1.82, 2.24) is 5.32 Å². The molecule has 3 nitrogen and oxygen atoms in total. The van der Waals surface area contributed by atoms with Crippen molar-refractivity contribution in [3.63, 3.8) is 0 Å². The largest absolute Gasteiger partial charge is 0.434 e. The topological polar surface area (TPSA) is 30.5 Å². The minimum atomic E-state index is -2.81. The van der Waals surface area contributed by atoms with Crippen molar-refractivity contribution in [3.8, 4) is 5.75 Å². The van der Waals surface area contributed by atoms with Gasteiger partial charge >= 0.3 is 6.61 Å². The summed E-state index contributed by atoms with van der Waals surface area (Å²) in [7, 11) is 1.72. The van der Waals surface area contributed by atoms with Crippen molar-refractivity contribution in [2.45, 2.75) is 44.4 Å². The molecule has 1 N–H and O–H groups in total. The molecule has 0 heterocycles. The minimum absolute atomic E-state index is 0.0717. The van der Waals surface area contributed by atoms with Gasteiger partial charge in [-0.2, -0.15) is 8.78 Å². The predicted molar refractivity (Wildman–Crippen MR) is 73.1 cm³/mol. The Balaban J connectivity index is 1.99. The number of hydrogen-bond donors (Lipinski definition) is 1. The van der Waals surface area contributed by atoms with Crippen LogP contribution in [0.3, 0.4) is 0 Å². The summed E-state index contributed by atoms with van der Waals surface area (Å²) in [6.45, 7) is -0.149. The Bertz CT molecular complexity index is 430. The normalized spacial score (nSPS) is 18.6. The molecule has 112 valence electrons. The van der Waals surface area contributed by atoms with Crippen LogP contribution in [0.1, 0.15) is 37.8 Å². The van der Waals surface area contributed by atoms with E-state index in [-0.39, 0.29) is 17.4 Å². The lowest BCUT2D eigenvalue weighted by Gasteiger charge is -2.41. The Morgan fingerprint density at radius 1 is 1.30 bits per heavy atom. The van der Waals surface area contributed by atoms with E-state index in [9.17, 15) is 8.78 Å². The summed E-state index contributed by atoms with van der Waals surface area (Å²) < 4.78 is 34.9. The summed E-state index contributed by atoms with van der Waals surface area (Å²) in [5.41, 5.74) is 0.644. The molecule has 0 amide bonds. The maximum absolute atomic E-state index is 12.4. The van der Waals surface area contributed by atoms with Gasteiger partial charge in [-0.25, -0.2) is 0 Å². The first-order valence-corrected chi connectivity index (χ1v) is 6.88. The molecular formula is C15H21F2NO2. The lowest BCUT2D eigenvalue weighted by molar-refractivity contribution is -0.0710. The number of rotatable bonds is 7. The molecule has 1 aliphatic rings. The summed E-state index contributed by atoms with van der Waals surface area (Å²) in [5.74, 6) is 0.225. The third-order valence-electron chi connectivity index (χ3n) is 4.03. The second kappa shape index (κ2) is 6.50. The monoisotopic (exact) mass is 285 g/mol. The summed E-state index contributed by atoms with van der Waals surface area (Å²) in [6, 6.07) is 6.81. The van der Waals surface area contributed by atoms with Gasteiger partial charge in [0.15, 0.2) is 0 Å². The van der Waals surface area contributed by atoms with Crippen LogP contribution in [0, 0.1) is 0 Å². The molecule has 0 spiro atoms. The summed E-state index contributed by atoms with van der Waals surface area (Å²) in [4.78, 5) is 0. The highest BCUT2D eigenvalue weighted by Crippen LogP contribution is 2.35. The standard InChI is InChI=1S/C15H21F2NO2/c1-11(18-10-15(19-2)8-5-9-15)12-6-3-4-7-13(12)20-14(16)17/h3-4,6-7,11,14,18H,5,8-10H2,1-2H3. The van der Waals surface area contributed by atoms with Crippen molar-refractivity contribution in [2.24, 2.45) is 0 Å². The maximum atomic E-state index is 12.4. The first kappa shape index (κ1) is 15.2. The van der Waals surface area contributed by atoms with Gasteiger partial charge in [-0.3, -0.25) is 0 Å². The molecule has 0 aliphatic heterocycles. The van der Waals surface area contributed by atoms with E-state index in [0.717, 1.165) is 18.4 Å². The zero-order chi connectivity index (χ0) is 14.6. The second-order valence-electron chi connectivity index (χ2n) is 5.26. The number of alkyl halides is 2. The predicted octanol–water partition coefficient (Wildman–Crippen LogP) is 3.51. The maximum Gasteiger partial charge on any atom is 0.387 e. The molecule has 1 aromatic rings. The molecule has 1 aliphatic carbocycles. The fourth-order valence-electron chi connectivity index (χ4n) is 2.51. The first-order chi connectivity index (χ1) is 9.56. The molecule has 0 radical (unpaired) electrons. The molecule has 0 saturated heterocycles. The Kier molecular flexibility index (Phi) is 4.94. The smallest absolute Gasteiger partial charge is 0.387 e. The molecule has 1 saturated carbocycles. The van der Waals surface area contributed by atoms with Gasteiger partial charge in [0, 0.05) is 25.3 Å². The van der Waals surface area contributed by atoms with Crippen LogP contribution in [-0.4, -0.2) is 25.9 Å². The number of halogens is 2. The van der Waals surface area contributed by atoms with Crippen LogP contribution >= 0.6 is 0 Å². The van der Waals surface area contributed by atoms with Crippen molar-refractivity contribution < 1.29 is 18.3 Å². The van der Waals surface area contributed by atoms with Crippen LogP contribution in [0.5, 0.6) is 5.75 Å². The SMILES string of the molecule is COC1(CNC(C)c2ccccc2OC(F)F)CCC1. The van der Waals surface area contributed by atoms with E-state index in [2.05, 4.69) is 10.1 Å². The van der Waals surface area contributed by atoms with Gasteiger partial charge in [0.2, 0.25) is 0 Å². The number of nitrogens with one attached hydrogen (secondary N) is 1. The van der Waals surface area contributed by atoms with Crippen molar-refractivity contribution >= 4 is 0 Å². The molecule has 1 fully saturated rings. The highest BCUT2D eigenvalue weighted by atomic mass is 19.3. The number of para-hydroxylation sites is 1. The van der Waals surface area contributed by atoms with Crippen LogP contribution in [0.2, 0.25) is 0 Å². The summed E-state index contributed by atoms with van der Waals surface area (Å²) >= 11 is 0. The van der Waals surface area contributed by atoms with Crippen molar-refractivity contribution in [3.05, 3.63) is 29.8 Å². The zero-order valence-corrected chi connectivity index (χ0v) is 11.9. The van der Waals surface area contributed by atoms with Crippen LogP contribution in [-0.2, 0) is 4.74 Å². The molecule has 0 bridgehead atoms. The molecule has 1 atom stereocenters. The van der Waals surface area contributed by atoms with Crippen LogP contribution < -0.4 is 10.1 Å². The first-order valence-electron chi connectivity index (χ1n) is 6.88. The van der Waals surface area contributed by atoms with E-state index in [0.29, 0.717) is 6.54 Å². The average molecular weight is 285 g/mol. The molecule has 1 unspecified atom stereocenters. The fourth-order valence-corrected chi connectivity index (χ4v) is 2.51. The van der Waals surface area contributed by atoms with Gasteiger partial charge in [0.05, 0.1) is 5.60 Å². The Labute approximate surface area is 118 Å². The summed E-state index contributed by atoms with van der Waals surface area (Å²) in [5, 5.41) is 3.36. The number of ether oxygens (including phenoxy) is 2. The summed E-state index contributed by atoms with van der Waals surface area (Å²) in [6.07, 6.45) is 3.26. The molecule has 5 heteroatoms. The number of methoxy groups -OCH3 is 1. The number of hydrogen-bond acceptors (Lipinski definition) is 3. The van der Waals surface area contributed by atoms with Gasteiger partial charge in [0.25, 0.3) is 0 Å². The highest BCUT2D eigenvalue weighted by molar-refractivity contribution is 5.35. The quantitative estimate of drug-likeness (QED) is 0.831. The third-order valence-corrected chi connectivity index (χ3v) is 4.03. The Morgan fingerprint density at radius 2 is 2.00 bits per heavy atom. The lowest BCUT2D eigenvalue weighted by Crippen LogP contribution is -2.48. The Hall–Kier alpha value is -1.20. The van der Waals surface area contributed by atoms with E-state index >= 15 is 0 Å². The fraction of sp³-hybridized carbons (Fsp3) is 0.600. The van der Waals surface area contributed by atoms with E-state index < -0.39 is 6.61 Å². The molecule has 0 aromatic heterocycles. The van der Waals surface area contributed by atoms with Crippen molar-refractivity contribution in [2.75, 3.05) is 13.7 Å². The van der Waals surface area contributed by atoms with Gasteiger partial charge in [-0.1, -0.05) is 18.2 Å². The minimum Gasteiger partial charge on any atom is -0.434 e. The third kappa shape index (κ3) is 3.46. The van der Waals surface area contributed by atoms with Gasteiger partial charge in [0.1, 0.15) is 5.75 Å². The van der Waals surface area contributed by atoms with Crippen LogP contribution in [0.4, 0.5) is 8.78 Å². The van der Waals surface area contributed by atoms with E-state index in [1.807, 2.05) is 13.0 Å². The number of benzene rings is 1. The van der Waals surface area contributed by atoms with Crippen molar-refractivity contribution in [1.29, 1.82) is 0 Å². The molecule has 1 aromatic carbocycles. The van der Waals surface area contributed by atoms with Crippen LogP contribution in [0.15, 0.2) is 24.3 Å². The molecule has 20 heavy (non-hydrogen) atoms.